The molecular formula is C24H26N2O5S. The molecule has 3 rings (SSSR count). The van der Waals surface area contributed by atoms with E-state index in [0.29, 0.717) is 17.2 Å². The Morgan fingerprint density at radius 2 is 1.53 bits per heavy atom. The largest absolute Gasteiger partial charge is 0.497 e. The van der Waals surface area contributed by atoms with Crippen LogP contribution in [0.25, 0.3) is 0 Å². The van der Waals surface area contributed by atoms with Crippen molar-refractivity contribution in [2.45, 2.75) is 17.9 Å². The molecule has 1 unspecified atom stereocenters. The molecule has 8 heteroatoms. The summed E-state index contributed by atoms with van der Waals surface area (Å²) in [5.41, 5.74) is 1.15. The Morgan fingerprint density at radius 1 is 0.906 bits per heavy atom. The number of carbonyl (C=O) groups is 1. The number of para-hydroxylation sites is 1. The summed E-state index contributed by atoms with van der Waals surface area (Å²) in [6.07, 6.45) is 0. The third-order valence-corrected chi connectivity index (χ3v) is 6.75. The SMILES string of the molecule is COc1ccc(N(CC(=O)NC(C)c2ccccc2OC)S(=O)(=O)c2ccccc2)cc1. The fourth-order valence-corrected chi connectivity index (χ4v) is 4.74. The molecule has 32 heavy (non-hydrogen) atoms. The summed E-state index contributed by atoms with van der Waals surface area (Å²) < 4.78 is 38.4. The van der Waals surface area contributed by atoms with Gasteiger partial charge in [0.05, 0.1) is 30.8 Å². The third kappa shape index (κ3) is 5.20. The fourth-order valence-electron chi connectivity index (χ4n) is 3.30. The standard InChI is InChI=1S/C24H26N2O5S/c1-18(22-11-7-8-12-23(22)31-3)25-24(27)17-26(19-13-15-20(30-2)16-14-19)32(28,29)21-9-5-4-6-10-21/h4-16,18H,17H2,1-3H3,(H,25,27). The number of nitrogens with one attached hydrogen (secondary N) is 1. The van der Waals surface area contributed by atoms with E-state index >= 15 is 0 Å². The molecule has 1 N–H and O–H groups in total. The lowest BCUT2D eigenvalue weighted by molar-refractivity contribution is -0.120. The molecule has 0 aliphatic carbocycles. The number of benzene rings is 3. The number of ether oxygens (including phenoxy) is 2. The van der Waals surface area contributed by atoms with Crippen LogP contribution in [0, 0.1) is 0 Å². The molecule has 3 aromatic rings. The summed E-state index contributed by atoms with van der Waals surface area (Å²) in [6.45, 7) is 1.43. The van der Waals surface area contributed by atoms with Crippen LogP contribution in [-0.2, 0) is 14.8 Å². The minimum atomic E-state index is -3.98. The summed E-state index contributed by atoms with van der Waals surface area (Å²) in [4.78, 5) is 13.0. The van der Waals surface area contributed by atoms with Crippen LogP contribution in [0.4, 0.5) is 5.69 Å². The molecule has 168 valence electrons. The fraction of sp³-hybridized carbons (Fsp3) is 0.208. The smallest absolute Gasteiger partial charge is 0.264 e. The van der Waals surface area contributed by atoms with Crippen molar-refractivity contribution in [1.29, 1.82) is 0 Å². The topological polar surface area (TPSA) is 84.9 Å². The highest BCUT2D eigenvalue weighted by atomic mass is 32.2. The molecule has 0 fully saturated rings. The first-order chi connectivity index (χ1) is 15.4. The lowest BCUT2D eigenvalue weighted by atomic mass is 10.1. The number of methoxy groups -OCH3 is 2. The molecule has 0 aliphatic rings. The Morgan fingerprint density at radius 3 is 2.16 bits per heavy atom. The van der Waals surface area contributed by atoms with E-state index in [9.17, 15) is 13.2 Å². The maximum absolute atomic E-state index is 13.4. The van der Waals surface area contributed by atoms with Crippen LogP contribution < -0.4 is 19.1 Å². The second-order valence-corrected chi connectivity index (χ2v) is 8.92. The number of nitrogens with zero attached hydrogens (tertiary/aromatic N) is 1. The number of hydrogen-bond acceptors (Lipinski definition) is 5. The van der Waals surface area contributed by atoms with E-state index in [1.54, 1.807) is 49.6 Å². The Balaban J connectivity index is 1.89. The highest BCUT2D eigenvalue weighted by molar-refractivity contribution is 7.92. The Labute approximate surface area is 188 Å². The molecule has 1 atom stereocenters. The lowest BCUT2D eigenvalue weighted by Gasteiger charge is -2.25. The molecule has 3 aromatic carbocycles. The molecular weight excluding hydrogens is 428 g/mol. The number of amides is 1. The van der Waals surface area contributed by atoms with Gasteiger partial charge in [-0.3, -0.25) is 9.10 Å². The van der Waals surface area contributed by atoms with Gasteiger partial charge >= 0.3 is 0 Å². The zero-order valence-electron chi connectivity index (χ0n) is 18.2. The van der Waals surface area contributed by atoms with Crippen LogP contribution in [-0.4, -0.2) is 35.1 Å². The molecule has 0 aromatic heterocycles. The Bertz CT molecular complexity index is 1150. The van der Waals surface area contributed by atoms with Crippen LogP contribution in [0.15, 0.2) is 83.8 Å². The van der Waals surface area contributed by atoms with Gasteiger partial charge in [0.25, 0.3) is 10.0 Å². The molecule has 0 spiro atoms. The van der Waals surface area contributed by atoms with Crippen molar-refractivity contribution in [2.75, 3.05) is 25.1 Å². The van der Waals surface area contributed by atoms with Gasteiger partial charge in [-0.25, -0.2) is 8.42 Å². The molecule has 0 saturated carbocycles. The van der Waals surface area contributed by atoms with Crippen molar-refractivity contribution in [3.63, 3.8) is 0 Å². The number of hydrogen-bond donors (Lipinski definition) is 1. The molecule has 0 saturated heterocycles. The van der Waals surface area contributed by atoms with Crippen molar-refractivity contribution in [2.24, 2.45) is 0 Å². The van der Waals surface area contributed by atoms with E-state index in [2.05, 4.69) is 5.32 Å². The average Bonchev–Trinajstić information content (AvgIpc) is 2.83. The second-order valence-electron chi connectivity index (χ2n) is 7.05. The lowest BCUT2D eigenvalue weighted by Crippen LogP contribution is -2.41. The van der Waals surface area contributed by atoms with E-state index in [1.807, 2.05) is 31.2 Å². The van der Waals surface area contributed by atoms with Gasteiger partial charge in [0, 0.05) is 5.56 Å². The normalized spacial score (nSPS) is 12.0. The van der Waals surface area contributed by atoms with Crippen LogP contribution in [0.5, 0.6) is 11.5 Å². The van der Waals surface area contributed by atoms with Crippen molar-refractivity contribution in [3.8, 4) is 11.5 Å². The predicted molar refractivity (Wildman–Crippen MR) is 124 cm³/mol. The number of rotatable bonds is 9. The van der Waals surface area contributed by atoms with Crippen molar-refractivity contribution >= 4 is 21.6 Å². The highest BCUT2D eigenvalue weighted by Crippen LogP contribution is 2.27. The summed E-state index contributed by atoms with van der Waals surface area (Å²) in [7, 11) is -0.886. The maximum Gasteiger partial charge on any atom is 0.264 e. The van der Waals surface area contributed by atoms with Crippen LogP contribution in [0.3, 0.4) is 0 Å². The van der Waals surface area contributed by atoms with E-state index in [1.165, 1.54) is 19.2 Å². The van der Waals surface area contributed by atoms with Gasteiger partial charge in [0.2, 0.25) is 5.91 Å². The molecule has 1 amide bonds. The van der Waals surface area contributed by atoms with Gasteiger partial charge in [0.1, 0.15) is 18.0 Å². The van der Waals surface area contributed by atoms with Crippen molar-refractivity contribution < 1.29 is 22.7 Å². The van der Waals surface area contributed by atoms with E-state index in [-0.39, 0.29) is 17.5 Å². The highest BCUT2D eigenvalue weighted by Gasteiger charge is 2.28. The van der Waals surface area contributed by atoms with E-state index < -0.39 is 15.9 Å². The average molecular weight is 455 g/mol. The molecule has 0 bridgehead atoms. The summed E-state index contributed by atoms with van der Waals surface area (Å²) in [6, 6.07) is 21.5. The summed E-state index contributed by atoms with van der Waals surface area (Å²) in [5, 5.41) is 2.87. The van der Waals surface area contributed by atoms with Crippen molar-refractivity contribution in [3.05, 3.63) is 84.4 Å². The molecule has 0 radical (unpaired) electrons. The van der Waals surface area contributed by atoms with Crippen LogP contribution in [0.2, 0.25) is 0 Å². The van der Waals surface area contributed by atoms with Gasteiger partial charge in [0.15, 0.2) is 0 Å². The zero-order chi connectivity index (χ0) is 23.1. The van der Waals surface area contributed by atoms with Gasteiger partial charge in [-0.15, -0.1) is 0 Å². The van der Waals surface area contributed by atoms with Gasteiger partial charge in [-0.2, -0.15) is 0 Å². The maximum atomic E-state index is 13.4. The Hall–Kier alpha value is -3.52. The number of carbonyl (C=O) groups excluding carboxylic acids is 1. The second kappa shape index (κ2) is 10.2. The van der Waals surface area contributed by atoms with E-state index in [0.717, 1.165) is 9.87 Å². The van der Waals surface area contributed by atoms with Gasteiger partial charge in [-0.05, 0) is 49.4 Å². The summed E-state index contributed by atoms with van der Waals surface area (Å²) >= 11 is 0. The predicted octanol–water partition coefficient (Wildman–Crippen LogP) is 3.78. The monoisotopic (exact) mass is 454 g/mol. The molecule has 7 nitrogen and oxygen atoms in total. The van der Waals surface area contributed by atoms with Gasteiger partial charge < -0.3 is 14.8 Å². The quantitative estimate of drug-likeness (QED) is 0.532. The summed E-state index contributed by atoms with van der Waals surface area (Å²) in [5.74, 6) is 0.781. The third-order valence-electron chi connectivity index (χ3n) is 4.96. The first kappa shape index (κ1) is 23.1. The first-order valence-electron chi connectivity index (χ1n) is 10.0. The first-order valence-corrected chi connectivity index (χ1v) is 11.4. The van der Waals surface area contributed by atoms with Gasteiger partial charge in [-0.1, -0.05) is 36.4 Å². The minimum Gasteiger partial charge on any atom is -0.497 e. The Kier molecular flexibility index (Phi) is 7.37. The number of sulfonamides is 1. The zero-order valence-corrected chi connectivity index (χ0v) is 19.0. The molecule has 0 aliphatic heterocycles. The minimum absolute atomic E-state index is 0.0985. The molecule has 0 heterocycles. The van der Waals surface area contributed by atoms with Crippen LogP contribution in [0.1, 0.15) is 18.5 Å². The van der Waals surface area contributed by atoms with Crippen LogP contribution >= 0.6 is 0 Å². The van der Waals surface area contributed by atoms with E-state index in [4.69, 9.17) is 9.47 Å². The van der Waals surface area contributed by atoms with Crippen molar-refractivity contribution in [1.82, 2.24) is 5.32 Å². The number of anilines is 1.